The van der Waals surface area contributed by atoms with Crippen LogP contribution in [0.5, 0.6) is 0 Å². The Bertz CT molecular complexity index is 678. The van der Waals surface area contributed by atoms with Gasteiger partial charge in [-0.05, 0) is 43.9 Å². The maximum absolute atomic E-state index is 12.7. The van der Waals surface area contributed by atoms with E-state index in [1.807, 2.05) is 13.8 Å². The van der Waals surface area contributed by atoms with E-state index in [0.717, 1.165) is 12.8 Å². The SMILES string of the molecule is CC[C@H](C)NC(=O)[C@H]1CCCN(S(=O)(=O)Cc2cccc(Cl)c2)C1. The predicted octanol–water partition coefficient (Wildman–Crippen LogP) is 2.80. The summed E-state index contributed by atoms with van der Waals surface area (Å²) in [7, 11) is -3.46. The Morgan fingerprint density at radius 3 is 2.88 bits per heavy atom. The van der Waals surface area contributed by atoms with E-state index in [1.54, 1.807) is 24.3 Å². The van der Waals surface area contributed by atoms with Gasteiger partial charge in [0, 0.05) is 24.2 Å². The number of rotatable bonds is 6. The first-order chi connectivity index (χ1) is 11.3. The Morgan fingerprint density at radius 1 is 1.46 bits per heavy atom. The highest BCUT2D eigenvalue weighted by Gasteiger charge is 2.32. The van der Waals surface area contributed by atoms with Crippen molar-refractivity contribution in [3.8, 4) is 0 Å². The molecule has 1 saturated heterocycles. The van der Waals surface area contributed by atoms with Crippen molar-refractivity contribution in [2.45, 2.75) is 44.9 Å². The number of benzene rings is 1. The van der Waals surface area contributed by atoms with Crippen LogP contribution in [-0.2, 0) is 20.6 Å². The average Bonchev–Trinajstić information content (AvgIpc) is 2.54. The van der Waals surface area contributed by atoms with Crippen molar-refractivity contribution in [3.05, 3.63) is 34.9 Å². The Kier molecular flexibility index (Phi) is 6.66. The largest absolute Gasteiger partial charge is 0.353 e. The zero-order valence-corrected chi connectivity index (χ0v) is 15.7. The predicted molar refractivity (Wildman–Crippen MR) is 96.3 cm³/mol. The van der Waals surface area contributed by atoms with Crippen LogP contribution in [0.25, 0.3) is 0 Å². The fourth-order valence-corrected chi connectivity index (χ4v) is 4.61. The number of hydrogen-bond donors (Lipinski definition) is 1. The second-order valence-corrected chi connectivity index (χ2v) is 8.81. The molecule has 0 spiro atoms. The Labute approximate surface area is 149 Å². The molecule has 1 aromatic carbocycles. The lowest BCUT2D eigenvalue weighted by Gasteiger charge is -2.31. The van der Waals surface area contributed by atoms with Crippen molar-refractivity contribution >= 4 is 27.5 Å². The van der Waals surface area contributed by atoms with Crippen LogP contribution < -0.4 is 5.32 Å². The molecule has 0 aliphatic carbocycles. The first-order valence-corrected chi connectivity index (χ1v) is 10.3. The van der Waals surface area contributed by atoms with Gasteiger partial charge >= 0.3 is 0 Å². The van der Waals surface area contributed by atoms with E-state index in [1.165, 1.54) is 4.31 Å². The highest BCUT2D eigenvalue weighted by molar-refractivity contribution is 7.88. The van der Waals surface area contributed by atoms with Gasteiger partial charge in [0.25, 0.3) is 0 Å². The normalized spacial score (nSPS) is 20.5. The maximum atomic E-state index is 12.7. The van der Waals surface area contributed by atoms with Crippen molar-refractivity contribution in [1.29, 1.82) is 0 Å². The molecular formula is C17H25ClN2O3S. The minimum atomic E-state index is -3.46. The van der Waals surface area contributed by atoms with Crippen molar-refractivity contribution in [2.75, 3.05) is 13.1 Å². The summed E-state index contributed by atoms with van der Waals surface area (Å²) in [6, 6.07) is 6.98. The van der Waals surface area contributed by atoms with E-state index in [-0.39, 0.29) is 30.2 Å². The van der Waals surface area contributed by atoms with E-state index in [4.69, 9.17) is 11.6 Å². The quantitative estimate of drug-likeness (QED) is 0.834. The highest BCUT2D eigenvalue weighted by atomic mass is 35.5. The Hall–Kier alpha value is -1.11. The van der Waals surface area contributed by atoms with E-state index < -0.39 is 10.0 Å². The molecule has 0 aromatic heterocycles. The summed E-state index contributed by atoms with van der Waals surface area (Å²) in [5.74, 6) is -0.415. The molecule has 1 aromatic rings. The number of nitrogens with one attached hydrogen (secondary N) is 1. The van der Waals surface area contributed by atoms with Gasteiger partial charge in [-0.1, -0.05) is 30.7 Å². The van der Waals surface area contributed by atoms with Crippen molar-refractivity contribution in [3.63, 3.8) is 0 Å². The fraction of sp³-hybridized carbons (Fsp3) is 0.588. The lowest BCUT2D eigenvalue weighted by molar-refractivity contribution is -0.126. The van der Waals surface area contributed by atoms with Gasteiger partial charge in [-0.15, -0.1) is 0 Å². The zero-order valence-electron chi connectivity index (χ0n) is 14.2. The summed E-state index contributed by atoms with van der Waals surface area (Å²) < 4.78 is 26.8. The maximum Gasteiger partial charge on any atom is 0.224 e. The number of carbonyl (C=O) groups excluding carboxylic acids is 1. The van der Waals surface area contributed by atoms with Gasteiger partial charge in [0.2, 0.25) is 15.9 Å². The molecule has 1 aliphatic heterocycles. The molecule has 0 bridgehead atoms. The summed E-state index contributed by atoms with van der Waals surface area (Å²) in [4.78, 5) is 12.3. The minimum absolute atomic E-state index is 0.0491. The van der Waals surface area contributed by atoms with Gasteiger partial charge in [-0.3, -0.25) is 4.79 Å². The van der Waals surface area contributed by atoms with Crippen LogP contribution in [0, 0.1) is 5.92 Å². The molecule has 1 aliphatic rings. The third-order valence-electron chi connectivity index (χ3n) is 4.39. The average molecular weight is 373 g/mol. The van der Waals surface area contributed by atoms with Crippen LogP contribution >= 0.6 is 11.6 Å². The molecule has 2 rings (SSSR count). The van der Waals surface area contributed by atoms with E-state index >= 15 is 0 Å². The lowest BCUT2D eigenvalue weighted by atomic mass is 9.98. The van der Waals surface area contributed by atoms with Gasteiger partial charge in [0.1, 0.15) is 0 Å². The van der Waals surface area contributed by atoms with Crippen LogP contribution in [0.15, 0.2) is 24.3 Å². The number of amides is 1. The molecule has 0 saturated carbocycles. The molecule has 7 heteroatoms. The summed E-state index contributed by atoms with van der Waals surface area (Å²) in [5, 5.41) is 3.47. The fourth-order valence-electron chi connectivity index (χ4n) is 2.80. The number of piperidine rings is 1. The third kappa shape index (κ3) is 5.19. The summed E-state index contributed by atoms with van der Waals surface area (Å²) in [6.45, 7) is 4.68. The summed E-state index contributed by atoms with van der Waals surface area (Å²) in [6.07, 6.45) is 2.29. The molecule has 134 valence electrons. The molecule has 24 heavy (non-hydrogen) atoms. The Balaban J connectivity index is 2.03. The summed E-state index contributed by atoms with van der Waals surface area (Å²) >= 11 is 5.92. The van der Waals surface area contributed by atoms with Gasteiger partial charge in [-0.25, -0.2) is 12.7 Å². The zero-order chi connectivity index (χ0) is 17.7. The minimum Gasteiger partial charge on any atom is -0.353 e. The first-order valence-electron chi connectivity index (χ1n) is 8.34. The van der Waals surface area contributed by atoms with E-state index in [0.29, 0.717) is 23.6 Å². The molecule has 1 fully saturated rings. The number of nitrogens with zero attached hydrogens (tertiary/aromatic N) is 1. The molecule has 5 nitrogen and oxygen atoms in total. The molecule has 1 heterocycles. The molecule has 1 amide bonds. The van der Waals surface area contributed by atoms with Crippen LogP contribution in [0.2, 0.25) is 5.02 Å². The lowest BCUT2D eigenvalue weighted by Crippen LogP contribution is -2.47. The van der Waals surface area contributed by atoms with Gasteiger partial charge in [-0.2, -0.15) is 0 Å². The Morgan fingerprint density at radius 2 is 2.21 bits per heavy atom. The van der Waals surface area contributed by atoms with Gasteiger partial charge < -0.3 is 5.32 Å². The van der Waals surface area contributed by atoms with Gasteiger partial charge in [0.15, 0.2) is 0 Å². The van der Waals surface area contributed by atoms with Crippen molar-refractivity contribution in [2.24, 2.45) is 5.92 Å². The molecule has 0 radical (unpaired) electrons. The van der Waals surface area contributed by atoms with Crippen LogP contribution in [0.1, 0.15) is 38.7 Å². The number of carbonyl (C=O) groups is 1. The second kappa shape index (κ2) is 8.32. The molecular weight excluding hydrogens is 348 g/mol. The summed E-state index contributed by atoms with van der Waals surface area (Å²) in [5.41, 5.74) is 0.661. The number of sulfonamides is 1. The molecule has 2 atom stereocenters. The third-order valence-corrected chi connectivity index (χ3v) is 6.44. The monoisotopic (exact) mass is 372 g/mol. The highest BCUT2D eigenvalue weighted by Crippen LogP contribution is 2.22. The standard InChI is InChI=1S/C17H25ClN2O3S/c1-3-13(2)19-17(21)15-7-5-9-20(11-15)24(22,23)12-14-6-4-8-16(18)10-14/h4,6,8,10,13,15H,3,5,7,9,11-12H2,1-2H3,(H,19,21)/t13-,15-/m0/s1. The van der Waals surface area contributed by atoms with Crippen molar-refractivity contribution < 1.29 is 13.2 Å². The molecule has 1 N–H and O–H groups in total. The molecule has 0 unspecified atom stereocenters. The second-order valence-electron chi connectivity index (χ2n) is 6.40. The smallest absolute Gasteiger partial charge is 0.224 e. The van der Waals surface area contributed by atoms with Crippen LogP contribution in [-0.4, -0.2) is 37.8 Å². The number of hydrogen-bond acceptors (Lipinski definition) is 3. The number of halogens is 1. The van der Waals surface area contributed by atoms with E-state index in [2.05, 4.69) is 5.32 Å². The van der Waals surface area contributed by atoms with Crippen LogP contribution in [0.4, 0.5) is 0 Å². The van der Waals surface area contributed by atoms with E-state index in [9.17, 15) is 13.2 Å². The first kappa shape index (κ1) is 19.2. The van der Waals surface area contributed by atoms with Gasteiger partial charge in [0.05, 0.1) is 11.7 Å². The van der Waals surface area contributed by atoms with Crippen LogP contribution in [0.3, 0.4) is 0 Å². The van der Waals surface area contributed by atoms with Crippen molar-refractivity contribution in [1.82, 2.24) is 9.62 Å². The topological polar surface area (TPSA) is 66.5 Å².